The molecule has 19 heavy (non-hydrogen) atoms. The van der Waals surface area contributed by atoms with Crippen LogP contribution in [0.25, 0.3) is 0 Å². The first-order valence-electron chi connectivity index (χ1n) is 5.84. The van der Waals surface area contributed by atoms with Crippen molar-refractivity contribution >= 4 is 22.4 Å². The molecule has 2 N–H and O–H groups in total. The van der Waals surface area contributed by atoms with Gasteiger partial charge in [0.1, 0.15) is 5.75 Å². The molecule has 0 spiro atoms. The van der Waals surface area contributed by atoms with E-state index in [9.17, 15) is 8.42 Å². The second-order valence-corrected chi connectivity index (χ2v) is 6.01. The van der Waals surface area contributed by atoms with Crippen LogP contribution in [0.3, 0.4) is 0 Å². The number of likely N-dealkylation sites (N-methyl/N-ethyl adjacent to an activating group) is 1. The molecule has 0 aromatic heterocycles. The third-order valence-corrected chi connectivity index (χ3v) is 4.72. The van der Waals surface area contributed by atoms with Crippen LogP contribution in [0.2, 0.25) is 0 Å². The van der Waals surface area contributed by atoms with Crippen molar-refractivity contribution in [2.75, 3.05) is 20.2 Å². The lowest BCUT2D eigenvalue weighted by Gasteiger charge is -2.23. The summed E-state index contributed by atoms with van der Waals surface area (Å²) in [7, 11) is -1.99. The van der Waals surface area contributed by atoms with Crippen LogP contribution in [-0.4, -0.2) is 39.0 Å². The van der Waals surface area contributed by atoms with E-state index in [1.807, 2.05) is 6.92 Å². The molecule has 0 aliphatic carbocycles. The molecular weight excluding hydrogens is 288 g/mol. The number of halogens is 1. The zero-order valence-corrected chi connectivity index (χ0v) is 13.0. The van der Waals surface area contributed by atoms with Gasteiger partial charge in [-0.3, -0.25) is 0 Å². The van der Waals surface area contributed by atoms with Crippen molar-refractivity contribution in [2.45, 2.75) is 24.8 Å². The van der Waals surface area contributed by atoms with Crippen molar-refractivity contribution in [3.05, 3.63) is 24.3 Å². The SMILES string of the molecule is CCOc1cccc(S(=O)(=O)N(C)C(C)CN)c1.Cl. The van der Waals surface area contributed by atoms with E-state index in [0.717, 1.165) is 0 Å². The van der Waals surface area contributed by atoms with Gasteiger partial charge in [0.25, 0.3) is 0 Å². The molecule has 1 atom stereocenters. The number of nitrogens with two attached hydrogens (primary N) is 1. The molecular formula is C12H21ClN2O3S. The van der Waals surface area contributed by atoms with E-state index in [-0.39, 0.29) is 29.9 Å². The predicted molar refractivity (Wildman–Crippen MR) is 78.3 cm³/mol. The normalized spacial score (nSPS) is 12.9. The van der Waals surface area contributed by atoms with Crippen LogP contribution < -0.4 is 10.5 Å². The number of sulfonamides is 1. The van der Waals surface area contributed by atoms with Gasteiger partial charge < -0.3 is 10.5 Å². The highest BCUT2D eigenvalue weighted by Gasteiger charge is 2.24. The van der Waals surface area contributed by atoms with E-state index in [0.29, 0.717) is 12.4 Å². The van der Waals surface area contributed by atoms with Gasteiger partial charge >= 0.3 is 0 Å². The van der Waals surface area contributed by atoms with Gasteiger partial charge in [-0.1, -0.05) is 6.07 Å². The molecule has 1 rings (SSSR count). The molecule has 0 amide bonds. The van der Waals surface area contributed by atoms with Crippen LogP contribution in [0, 0.1) is 0 Å². The van der Waals surface area contributed by atoms with E-state index in [1.165, 1.54) is 17.4 Å². The maximum Gasteiger partial charge on any atom is 0.243 e. The second-order valence-electron chi connectivity index (χ2n) is 4.01. The molecule has 0 heterocycles. The third kappa shape index (κ3) is 4.35. The monoisotopic (exact) mass is 308 g/mol. The van der Waals surface area contributed by atoms with Gasteiger partial charge in [-0.15, -0.1) is 12.4 Å². The fraction of sp³-hybridized carbons (Fsp3) is 0.500. The topological polar surface area (TPSA) is 72.6 Å². The summed E-state index contributed by atoms with van der Waals surface area (Å²) in [5.41, 5.74) is 5.49. The maximum atomic E-state index is 12.3. The minimum absolute atomic E-state index is 0. The van der Waals surface area contributed by atoms with Crippen molar-refractivity contribution in [3.8, 4) is 5.75 Å². The summed E-state index contributed by atoms with van der Waals surface area (Å²) in [5, 5.41) is 0. The van der Waals surface area contributed by atoms with Crippen molar-refractivity contribution in [2.24, 2.45) is 5.73 Å². The first kappa shape index (κ1) is 18.2. The molecule has 1 aromatic carbocycles. The standard InChI is InChI=1S/C12H20N2O3S.ClH/c1-4-17-11-6-5-7-12(8-11)18(15,16)14(3)10(2)9-13;/h5-8,10H,4,9,13H2,1-3H3;1H. The van der Waals surface area contributed by atoms with E-state index in [2.05, 4.69) is 0 Å². The number of benzene rings is 1. The van der Waals surface area contributed by atoms with Gasteiger partial charge in [-0.25, -0.2) is 8.42 Å². The molecule has 1 unspecified atom stereocenters. The van der Waals surface area contributed by atoms with Gasteiger partial charge in [-0.2, -0.15) is 4.31 Å². The van der Waals surface area contributed by atoms with E-state index >= 15 is 0 Å². The Morgan fingerprint density at radius 3 is 2.58 bits per heavy atom. The molecule has 0 bridgehead atoms. The summed E-state index contributed by atoms with van der Waals surface area (Å²) in [6.45, 7) is 4.40. The summed E-state index contributed by atoms with van der Waals surface area (Å²) in [6.07, 6.45) is 0. The fourth-order valence-corrected chi connectivity index (χ4v) is 2.85. The highest BCUT2D eigenvalue weighted by molar-refractivity contribution is 7.89. The van der Waals surface area contributed by atoms with Crippen LogP contribution in [0.5, 0.6) is 5.75 Å². The van der Waals surface area contributed by atoms with E-state index in [1.54, 1.807) is 25.1 Å². The Morgan fingerprint density at radius 2 is 2.05 bits per heavy atom. The molecule has 1 aromatic rings. The van der Waals surface area contributed by atoms with Gasteiger partial charge in [0, 0.05) is 25.7 Å². The van der Waals surface area contributed by atoms with Crippen LogP contribution in [-0.2, 0) is 10.0 Å². The average Bonchev–Trinajstić information content (AvgIpc) is 2.37. The number of hydrogen-bond acceptors (Lipinski definition) is 4. The lowest BCUT2D eigenvalue weighted by atomic mass is 10.3. The number of ether oxygens (including phenoxy) is 1. The Hall–Kier alpha value is -0.820. The lowest BCUT2D eigenvalue weighted by Crippen LogP contribution is -2.39. The van der Waals surface area contributed by atoms with Crippen LogP contribution >= 0.6 is 12.4 Å². The Kier molecular flexibility index (Phi) is 7.36. The molecule has 7 heteroatoms. The lowest BCUT2D eigenvalue weighted by molar-refractivity contribution is 0.339. The number of nitrogens with zero attached hydrogens (tertiary/aromatic N) is 1. The Morgan fingerprint density at radius 1 is 1.42 bits per heavy atom. The Labute approximate surface area is 121 Å². The molecule has 110 valence electrons. The summed E-state index contributed by atoms with van der Waals surface area (Å²) in [4.78, 5) is 0.219. The summed E-state index contributed by atoms with van der Waals surface area (Å²) >= 11 is 0. The minimum atomic E-state index is -3.52. The van der Waals surface area contributed by atoms with Gasteiger partial charge in [0.2, 0.25) is 10.0 Å². The van der Waals surface area contributed by atoms with Crippen molar-refractivity contribution < 1.29 is 13.2 Å². The molecule has 0 aliphatic rings. The van der Waals surface area contributed by atoms with Gasteiger partial charge in [0.05, 0.1) is 11.5 Å². The third-order valence-electron chi connectivity index (χ3n) is 2.76. The molecule has 0 aliphatic heterocycles. The highest BCUT2D eigenvalue weighted by Crippen LogP contribution is 2.21. The van der Waals surface area contributed by atoms with Gasteiger partial charge in [-0.05, 0) is 26.0 Å². The molecule has 5 nitrogen and oxygen atoms in total. The quantitative estimate of drug-likeness (QED) is 0.864. The molecule has 0 saturated heterocycles. The van der Waals surface area contributed by atoms with E-state index < -0.39 is 10.0 Å². The van der Waals surface area contributed by atoms with Crippen molar-refractivity contribution in [3.63, 3.8) is 0 Å². The second kappa shape index (κ2) is 7.69. The maximum absolute atomic E-state index is 12.3. The first-order valence-corrected chi connectivity index (χ1v) is 7.28. The fourth-order valence-electron chi connectivity index (χ4n) is 1.44. The summed E-state index contributed by atoms with van der Waals surface area (Å²) in [5.74, 6) is 0.548. The van der Waals surface area contributed by atoms with Crippen molar-refractivity contribution in [1.82, 2.24) is 4.31 Å². The van der Waals surface area contributed by atoms with Crippen LogP contribution in [0.4, 0.5) is 0 Å². The van der Waals surface area contributed by atoms with Crippen LogP contribution in [0.1, 0.15) is 13.8 Å². The smallest absolute Gasteiger partial charge is 0.243 e. The van der Waals surface area contributed by atoms with Crippen molar-refractivity contribution in [1.29, 1.82) is 0 Å². The molecule has 0 fully saturated rings. The Bertz CT molecular complexity index is 494. The van der Waals surface area contributed by atoms with E-state index in [4.69, 9.17) is 10.5 Å². The average molecular weight is 309 g/mol. The minimum Gasteiger partial charge on any atom is -0.494 e. The molecule has 0 radical (unpaired) electrons. The zero-order valence-electron chi connectivity index (χ0n) is 11.4. The van der Waals surface area contributed by atoms with Crippen LogP contribution in [0.15, 0.2) is 29.2 Å². The summed E-state index contributed by atoms with van der Waals surface area (Å²) < 4.78 is 31.2. The number of rotatable bonds is 6. The zero-order chi connectivity index (χ0) is 13.8. The number of hydrogen-bond donors (Lipinski definition) is 1. The van der Waals surface area contributed by atoms with Gasteiger partial charge in [0.15, 0.2) is 0 Å². The predicted octanol–water partition coefficient (Wildman–Crippen LogP) is 1.47. The molecule has 0 saturated carbocycles. The Balaban J connectivity index is 0.00000324. The largest absolute Gasteiger partial charge is 0.494 e. The highest BCUT2D eigenvalue weighted by atomic mass is 35.5. The first-order chi connectivity index (χ1) is 8.43. The summed E-state index contributed by atoms with van der Waals surface area (Å²) in [6, 6.07) is 6.23.